The maximum Gasteiger partial charge on any atom is 0.174 e. The number of nitriles is 2. The average Bonchev–Trinajstić information content (AvgIpc) is 2.32. The van der Waals surface area contributed by atoms with Crippen LogP contribution in [0, 0.1) is 28.5 Å². The first-order valence-electron chi connectivity index (χ1n) is 4.38. The monoisotopic (exact) mass is 248 g/mol. The first kappa shape index (κ1) is 12.7. The molecule has 0 fully saturated rings. The molecule has 0 spiro atoms. The molecule has 0 aliphatic carbocycles. The molecule has 0 aromatic heterocycles. The summed E-state index contributed by atoms with van der Waals surface area (Å²) in [7, 11) is 0. The van der Waals surface area contributed by atoms with Crippen molar-refractivity contribution in [2.45, 2.75) is 0 Å². The molecule has 0 saturated carbocycles. The van der Waals surface area contributed by atoms with E-state index in [-0.39, 0.29) is 22.0 Å². The number of allylic oxidation sites excluding steroid dienone is 2. The first-order valence-corrected chi connectivity index (χ1v) is 4.76. The van der Waals surface area contributed by atoms with Gasteiger partial charge in [-0.2, -0.15) is 10.5 Å². The van der Waals surface area contributed by atoms with Crippen molar-refractivity contribution in [3.63, 3.8) is 0 Å². The molecule has 0 aliphatic heterocycles. The molecule has 17 heavy (non-hydrogen) atoms. The number of nitrogens with zero attached hydrogens (tertiary/aromatic N) is 3. The number of rotatable bonds is 2. The number of aliphatic imine (C=N–C) groups is 1. The summed E-state index contributed by atoms with van der Waals surface area (Å²) >= 11 is 5.74. The summed E-state index contributed by atoms with van der Waals surface area (Å²) in [5, 5.41) is 17.3. The minimum absolute atomic E-state index is 0.0349. The summed E-state index contributed by atoms with van der Waals surface area (Å²) < 4.78 is 13.3. The van der Waals surface area contributed by atoms with Gasteiger partial charge in [-0.05, 0) is 12.1 Å². The van der Waals surface area contributed by atoms with Crippen LogP contribution in [0.1, 0.15) is 5.56 Å². The third kappa shape index (κ3) is 3.04. The fourth-order valence-electron chi connectivity index (χ4n) is 0.975. The quantitative estimate of drug-likeness (QED) is 0.642. The van der Waals surface area contributed by atoms with E-state index in [9.17, 15) is 4.39 Å². The Balaban J connectivity index is 3.17. The minimum atomic E-state index is -0.575. The third-order valence-electron chi connectivity index (χ3n) is 1.80. The molecule has 0 heterocycles. The molecule has 0 aliphatic rings. The SMILES string of the molecule is N#C/C(N)=C(/C#N)N=Cc1c(F)cccc1Cl. The zero-order valence-electron chi connectivity index (χ0n) is 8.48. The predicted molar refractivity (Wildman–Crippen MR) is 61.4 cm³/mol. The molecule has 84 valence electrons. The maximum absolute atomic E-state index is 13.3. The summed E-state index contributed by atoms with van der Waals surface area (Å²) in [6, 6.07) is 7.34. The zero-order chi connectivity index (χ0) is 12.8. The highest BCUT2D eigenvalue weighted by atomic mass is 35.5. The Bertz CT molecular complexity index is 558. The van der Waals surface area contributed by atoms with Crippen molar-refractivity contribution in [1.82, 2.24) is 0 Å². The van der Waals surface area contributed by atoms with Crippen LogP contribution in [0.3, 0.4) is 0 Å². The van der Waals surface area contributed by atoms with Crippen molar-refractivity contribution in [3.8, 4) is 12.1 Å². The molecule has 6 heteroatoms. The van der Waals surface area contributed by atoms with E-state index in [2.05, 4.69) is 4.99 Å². The molecular formula is C11H6ClFN4. The van der Waals surface area contributed by atoms with E-state index in [4.69, 9.17) is 27.9 Å². The van der Waals surface area contributed by atoms with Crippen LogP contribution in [-0.4, -0.2) is 6.21 Å². The van der Waals surface area contributed by atoms with E-state index >= 15 is 0 Å². The van der Waals surface area contributed by atoms with Gasteiger partial charge in [-0.1, -0.05) is 17.7 Å². The smallest absolute Gasteiger partial charge is 0.174 e. The van der Waals surface area contributed by atoms with Gasteiger partial charge in [0, 0.05) is 11.8 Å². The molecule has 1 aromatic carbocycles. The summed E-state index contributed by atoms with van der Waals surface area (Å²) in [4.78, 5) is 3.63. The Morgan fingerprint density at radius 3 is 2.65 bits per heavy atom. The van der Waals surface area contributed by atoms with Crippen LogP contribution in [0.15, 0.2) is 34.6 Å². The molecule has 2 N–H and O–H groups in total. The van der Waals surface area contributed by atoms with Gasteiger partial charge in [-0.15, -0.1) is 0 Å². The second-order valence-electron chi connectivity index (χ2n) is 2.88. The number of nitrogens with two attached hydrogens (primary N) is 1. The fourth-order valence-corrected chi connectivity index (χ4v) is 1.19. The maximum atomic E-state index is 13.3. The van der Waals surface area contributed by atoms with Crippen molar-refractivity contribution in [2.75, 3.05) is 0 Å². The lowest BCUT2D eigenvalue weighted by Crippen LogP contribution is -1.98. The van der Waals surface area contributed by atoms with Crippen molar-refractivity contribution in [3.05, 3.63) is 46.0 Å². The van der Waals surface area contributed by atoms with Gasteiger partial charge in [0.25, 0.3) is 0 Å². The summed E-state index contributed by atoms with van der Waals surface area (Å²) in [5.41, 5.74) is 4.64. The molecule has 4 nitrogen and oxygen atoms in total. The molecule has 0 radical (unpaired) electrons. The van der Waals surface area contributed by atoms with Gasteiger partial charge < -0.3 is 5.73 Å². The van der Waals surface area contributed by atoms with Crippen LogP contribution >= 0.6 is 11.6 Å². The number of halogens is 2. The van der Waals surface area contributed by atoms with Gasteiger partial charge in [0.2, 0.25) is 0 Å². The molecule has 0 atom stereocenters. The van der Waals surface area contributed by atoms with Crippen molar-refractivity contribution in [2.24, 2.45) is 10.7 Å². The molecule has 0 unspecified atom stereocenters. The number of hydrogen-bond donors (Lipinski definition) is 1. The van der Waals surface area contributed by atoms with Gasteiger partial charge in [-0.3, -0.25) is 0 Å². The second kappa shape index (κ2) is 5.64. The van der Waals surface area contributed by atoms with Crippen molar-refractivity contribution < 1.29 is 4.39 Å². The zero-order valence-corrected chi connectivity index (χ0v) is 9.24. The molecular weight excluding hydrogens is 243 g/mol. The van der Waals surface area contributed by atoms with Gasteiger partial charge in [-0.25, -0.2) is 9.38 Å². The van der Waals surface area contributed by atoms with E-state index < -0.39 is 5.82 Å². The van der Waals surface area contributed by atoms with E-state index in [1.54, 1.807) is 12.1 Å². The van der Waals surface area contributed by atoms with Crippen molar-refractivity contribution in [1.29, 1.82) is 10.5 Å². The lowest BCUT2D eigenvalue weighted by molar-refractivity contribution is 0.626. The van der Waals surface area contributed by atoms with Crippen molar-refractivity contribution >= 4 is 17.8 Å². The Hall–Kier alpha value is -2.37. The Morgan fingerprint density at radius 1 is 1.41 bits per heavy atom. The fraction of sp³-hybridized carbons (Fsp3) is 0. The van der Waals surface area contributed by atoms with Gasteiger partial charge in [0.05, 0.1) is 5.02 Å². The summed E-state index contributed by atoms with van der Waals surface area (Å²) in [6.45, 7) is 0. The molecule has 0 bridgehead atoms. The standard InChI is InChI=1S/C11H6ClFN4/c12-8-2-1-3-9(13)7(8)6-17-11(5-15)10(16)4-14/h1-3,6H,16H2/b11-10+,17-6?. The van der Waals surface area contributed by atoms with E-state index in [0.29, 0.717) is 0 Å². The minimum Gasteiger partial charge on any atom is -0.388 e. The van der Waals surface area contributed by atoms with Crippen LogP contribution in [-0.2, 0) is 0 Å². The Kier molecular flexibility index (Phi) is 4.21. The Labute approximate surface area is 102 Å². The van der Waals surface area contributed by atoms with Crippen LogP contribution in [0.25, 0.3) is 0 Å². The summed E-state index contributed by atoms with van der Waals surface area (Å²) in [5.74, 6) is -0.575. The normalized spacial score (nSPS) is 11.8. The highest BCUT2D eigenvalue weighted by molar-refractivity contribution is 6.33. The molecule has 1 rings (SSSR count). The first-order chi connectivity index (χ1) is 8.10. The van der Waals surface area contributed by atoms with Crippen LogP contribution in [0.5, 0.6) is 0 Å². The average molecular weight is 249 g/mol. The lowest BCUT2D eigenvalue weighted by atomic mass is 10.2. The highest BCUT2D eigenvalue weighted by Gasteiger charge is 2.05. The van der Waals surface area contributed by atoms with Gasteiger partial charge >= 0.3 is 0 Å². The third-order valence-corrected chi connectivity index (χ3v) is 2.13. The molecule has 0 saturated heterocycles. The van der Waals surface area contributed by atoms with E-state index in [1.165, 1.54) is 18.2 Å². The van der Waals surface area contributed by atoms with Crippen LogP contribution in [0.2, 0.25) is 5.02 Å². The second-order valence-corrected chi connectivity index (χ2v) is 3.29. The molecule has 1 aromatic rings. The van der Waals surface area contributed by atoms with E-state index in [0.717, 1.165) is 6.21 Å². The predicted octanol–water partition coefficient (Wildman–Crippen LogP) is 2.12. The lowest BCUT2D eigenvalue weighted by Gasteiger charge is -1.98. The summed E-state index contributed by atoms with van der Waals surface area (Å²) in [6.07, 6.45) is 1.06. The molecule has 0 amide bonds. The Morgan fingerprint density at radius 2 is 2.12 bits per heavy atom. The number of benzene rings is 1. The van der Waals surface area contributed by atoms with Gasteiger partial charge in [0.15, 0.2) is 5.70 Å². The highest BCUT2D eigenvalue weighted by Crippen LogP contribution is 2.17. The van der Waals surface area contributed by atoms with Crippen LogP contribution in [0.4, 0.5) is 4.39 Å². The van der Waals surface area contributed by atoms with Gasteiger partial charge in [0.1, 0.15) is 23.7 Å². The van der Waals surface area contributed by atoms with Crippen LogP contribution < -0.4 is 5.73 Å². The number of hydrogen-bond acceptors (Lipinski definition) is 4. The van der Waals surface area contributed by atoms with E-state index in [1.807, 2.05) is 0 Å². The topological polar surface area (TPSA) is 86.0 Å². The largest absolute Gasteiger partial charge is 0.388 e.